The van der Waals surface area contributed by atoms with Crippen LogP contribution in [0.25, 0.3) is 0 Å². The standard InChI is InChI=1S/C10H14BrN3O/c1-3-8(12)10(15)14-9-6(2)4-7(11)5-13-9/h4-5,8H,3,12H2,1-2H3,(H,13,14,15). The van der Waals surface area contributed by atoms with E-state index in [0.29, 0.717) is 12.2 Å². The van der Waals surface area contributed by atoms with Crippen LogP contribution in [0.1, 0.15) is 18.9 Å². The van der Waals surface area contributed by atoms with Gasteiger partial charge in [0.2, 0.25) is 5.91 Å². The number of anilines is 1. The van der Waals surface area contributed by atoms with Gasteiger partial charge in [-0.1, -0.05) is 6.92 Å². The summed E-state index contributed by atoms with van der Waals surface area (Å²) in [7, 11) is 0. The lowest BCUT2D eigenvalue weighted by Gasteiger charge is -2.11. The maximum atomic E-state index is 11.5. The van der Waals surface area contributed by atoms with Crippen molar-refractivity contribution in [2.75, 3.05) is 5.32 Å². The maximum Gasteiger partial charge on any atom is 0.242 e. The van der Waals surface area contributed by atoms with Crippen molar-refractivity contribution in [3.8, 4) is 0 Å². The Morgan fingerprint density at radius 2 is 2.40 bits per heavy atom. The SMILES string of the molecule is CCC(N)C(=O)Nc1ncc(Br)cc1C. The maximum absolute atomic E-state index is 11.5. The Labute approximate surface area is 97.4 Å². The Morgan fingerprint density at radius 3 is 2.93 bits per heavy atom. The van der Waals surface area contributed by atoms with Crippen LogP contribution >= 0.6 is 15.9 Å². The van der Waals surface area contributed by atoms with Gasteiger partial charge < -0.3 is 11.1 Å². The number of halogens is 1. The lowest BCUT2D eigenvalue weighted by atomic mass is 10.2. The fourth-order valence-electron chi connectivity index (χ4n) is 1.07. The monoisotopic (exact) mass is 271 g/mol. The van der Waals surface area contributed by atoms with E-state index in [0.717, 1.165) is 10.0 Å². The van der Waals surface area contributed by atoms with Gasteiger partial charge in [-0.25, -0.2) is 4.98 Å². The lowest BCUT2D eigenvalue weighted by molar-refractivity contribution is -0.117. The van der Waals surface area contributed by atoms with Crippen molar-refractivity contribution in [2.45, 2.75) is 26.3 Å². The van der Waals surface area contributed by atoms with Crippen LogP contribution in [0.4, 0.5) is 5.82 Å². The van der Waals surface area contributed by atoms with E-state index in [1.807, 2.05) is 19.9 Å². The van der Waals surface area contributed by atoms with Crippen LogP contribution in [0.15, 0.2) is 16.7 Å². The zero-order chi connectivity index (χ0) is 11.4. The molecule has 1 aromatic heterocycles. The minimum absolute atomic E-state index is 0.199. The van der Waals surface area contributed by atoms with E-state index < -0.39 is 6.04 Å². The highest BCUT2D eigenvalue weighted by atomic mass is 79.9. The van der Waals surface area contributed by atoms with Gasteiger partial charge in [0.05, 0.1) is 6.04 Å². The molecule has 1 rings (SSSR count). The van der Waals surface area contributed by atoms with E-state index in [-0.39, 0.29) is 5.91 Å². The summed E-state index contributed by atoms with van der Waals surface area (Å²) in [6, 6.07) is 1.41. The highest BCUT2D eigenvalue weighted by Gasteiger charge is 2.12. The molecule has 1 atom stereocenters. The summed E-state index contributed by atoms with van der Waals surface area (Å²) >= 11 is 3.31. The first kappa shape index (κ1) is 12.1. The second kappa shape index (κ2) is 5.23. The Morgan fingerprint density at radius 1 is 1.73 bits per heavy atom. The van der Waals surface area contributed by atoms with E-state index in [2.05, 4.69) is 26.2 Å². The molecule has 1 amide bonds. The number of hydrogen-bond donors (Lipinski definition) is 2. The number of carbonyl (C=O) groups excluding carboxylic acids is 1. The second-order valence-electron chi connectivity index (χ2n) is 3.32. The van der Waals surface area contributed by atoms with Crippen molar-refractivity contribution in [2.24, 2.45) is 5.73 Å². The quantitative estimate of drug-likeness (QED) is 0.882. The van der Waals surface area contributed by atoms with Crippen molar-refractivity contribution in [1.82, 2.24) is 4.98 Å². The summed E-state index contributed by atoms with van der Waals surface area (Å²) in [5, 5.41) is 2.69. The number of pyridine rings is 1. The predicted molar refractivity (Wildman–Crippen MR) is 63.6 cm³/mol. The van der Waals surface area contributed by atoms with Gasteiger partial charge in [-0.05, 0) is 40.9 Å². The number of carbonyl (C=O) groups is 1. The molecule has 0 spiro atoms. The molecule has 4 nitrogen and oxygen atoms in total. The molecular formula is C10H14BrN3O. The molecule has 0 fully saturated rings. The van der Waals surface area contributed by atoms with Crippen LogP contribution in [0.2, 0.25) is 0 Å². The molecule has 82 valence electrons. The summed E-state index contributed by atoms with van der Waals surface area (Å²) < 4.78 is 0.887. The van der Waals surface area contributed by atoms with E-state index in [1.54, 1.807) is 6.20 Å². The number of hydrogen-bond acceptors (Lipinski definition) is 3. The van der Waals surface area contributed by atoms with Gasteiger partial charge in [-0.2, -0.15) is 0 Å². The molecule has 3 N–H and O–H groups in total. The number of nitrogens with one attached hydrogen (secondary N) is 1. The first-order chi connectivity index (χ1) is 7.04. The molecule has 1 aromatic rings. The van der Waals surface area contributed by atoms with Crippen LogP contribution in [-0.4, -0.2) is 16.9 Å². The van der Waals surface area contributed by atoms with Gasteiger partial charge in [0.1, 0.15) is 5.82 Å². The van der Waals surface area contributed by atoms with Gasteiger partial charge in [0.15, 0.2) is 0 Å². The van der Waals surface area contributed by atoms with Crippen molar-refractivity contribution in [3.63, 3.8) is 0 Å². The molecule has 0 aliphatic carbocycles. The van der Waals surface area contributed by atoms with Gasteiger partial charge in [0.25, 0.3) is 0 Å². The van der Waals surface area contributed by atoms with E-state index in [4.69, 9.17) is 5.73 Å². The molecule has 15 heavy (non-hydrogen) atoms. The van der Waals surface area contributed by atoms with Crippen molar-refractivity contribution < 1.29 is 4.79 Å². The normalized spacial score (nSPS) is 12.3. The zero-order valence-electron chi connectivity index (χ0n) is 8.75. The second-order valence-corrected chi connectivity index (χ2v) is 4.24. The number of amides is 1. The Balaban J connectivity index is 2.77. The van der Waals surface area contributed by atoms with Crippen LogP contribution in [0, 0.1) is 6.92 Å². The molecular weight excluding hydrogens is 258 g/mol. The molecule has 0 aliphatic heterocycles. The largest absolute Gasteiger partial charge is 0.320 e. The Bertz CT molecular complexity index is 368. The summed E-state index contributed by atoms with van der Waals surface area (Å²) in [6.45, 7) is 3.75. The average molecular weight is 272 g/mol. The minimum Gasteiger partial charge on any atom is -0.320 e. The molecule has 0 bridgehead atoms. The fraction of sp³-hybridized carbons (Fsp3) is 0.400. The van der Waals surface area contributed by atoms with Gasteiger partial charge >= 0.3 is 0 Å². The molecule has 1 heterocycles. The molecule has 0 saturated heterocycles. The molecule has 0 radical (unpaired) electrons. The third-order valence-corrected chi connectivity index (χ3v) is 2.50. The lowest BCUT2D eigenvalue weighted by Crippen LogP contribution is -2.35. The average Bonchev–Trinajstić information content (AvgIpc) is 2.20. The van der Waals surface area contributed by atoms with Gasteiger partial charge in [-0.15, -0.1) is 0 Å². The van der Waals surface area contributed by atoms with Gasteiger partial charge in [0, 0.05) is 10.7 Å². The smallest absolute Gasteiger partial charge is 0.242 e. The Kier molecular flexibility index (Phi) is 4.23. The summed E-state index contributed by atoms with van der Waals surface area (Å²) in [5.74, 6) is 0.363. The van der Waals surface area contributed by atoms with Crippen LogP contribution in [0.3, 0.4) is 0 Å². The van der Waals surface area contributed by atoms with E-state index in [1.165, 1.54) is 0 Å². The van der Waals surface area contributed by atoms with Crippen molar-refractivity contribution in [3.05, 3.63) is 22.3 Å². The zero-order valence-corrected chi connectivity index (χ0v) is 10.3. The molecule has 5 heteroatoms. The van der Waals surface area contributed by atoms with Crippen LogP contribution in [0.5, 0.6) is 0 Å². The molecule has 0 aromatic carbocycles. The summed E-state index contributed by atoms with van der Waals surface area (Å²) in [5.41, 5.74) is 6.50. The molecule has 0 saturated carbocycles. The van der Waals surface area contributed by atoms with Gasteiger partial charge in [-0.3, -0.25) is 4.79 Å². The predicted octanol–water partition coefficient (Wildman–Crippen LogP) is 1.83. The van der Waals surface area contributed by atoms with Crippen molar-refractivity contribution in [1.29, 1.82) is 0 Å². The molecule has 0 aliphatic rings. The highest BCUT2D eigenvalue weighted by molar-refractivity contribution is 9.10. The van der Waals surface area contributed by atoms with Crippen molar-refractivity contribution >= 4 is 27.7 Å². The number of aromatic nitrogens is 1. The highest BCUT2D eigenvalue weighted by Crippen LogP contribution is 2.16. The Hall–Kier alpha value is -0.940. The number of rotatable bonds is 3. The third-order valence-electron chi connectivity index (χ3n) is 2.06. The first-order valence-electron chi connectivity index (χ1n) is 4.73. The first-order valence-corrected chi connectivity index (χ1v) is 5.52. The van der Waals surface area contributed by atoms with Crippen LogP contribution in [-0.2, 0) is 4.79 Å². The fourth-order valence-corrected chi connectivity index (χ4v) is 1.51. The topological polar surface area (TPSA) is 68.0 Å². The van der Waals surface area contributed by atoms with Crippen LogP contribution < -0.4 is 11.1 Å². The number of nitrogens with two attached hydrogens (primary N) is 1. The third kappa shape index (κ3) is 3.28. The number of aryl methyl sites for hydroxylation is 1. The minimum atomic E-state index is -0.477. The van der Waals surface area contributed by atoms with E-state index in [9.17, 15) is 4.79 Å². The summed E-state index contributed by atoms with van der Waals surface area (Å²) in [4.78, 5) is 15.6. The number of nitrogens with zero attached hydrogens (tertiary/aromatic N) is 1. The van der Waals surface area contributed by atoms with E-state index >= 15 is 0 Å². The summed E-state index contributed by atoms with van der Waals surface area (Å²) in [6.07, 6.45) is 2.25. The molecule has 1 unspecified atom stereocenters.